The zero-order valence-electron chi connectivity index (χ0n) is 11.0. The van der Waals surface area contributed by atoms with Crippen molar-refractivity contribution in [2.75, 3.05) is 5.33 Å². The van der Waals surface area contributed by atoms with Crippen molar-refractivity contribution in [3.8, 4) is 0 Å². The van der Waals surface area contributed by atoms with Crippen LogP contribution in [0.3, 0.4) is 0 Å². The highest BCUT2D eigenvalue weighted by Crippen LogP contribution is 2.40. The largest absolute Gasteiger partial charge is 0.431 e. The van der Waals surface area contributed by atoms with E-state index in [4.69, 9.17) is 0 Å². The van der Waals surface area contributed by atoms with E-state index in [9.17, 15) is 18.0 Å². The predicted molar refractivity (Wildman–Crippen MR) is 75.0 cm³/mol. The van der Waals surface area contributed by atoms with Crippen LogP contribution in [0.4, 0.5) is 13.2 Å². The van der Waals surface area contributed by atoms with Crippen LogP contribution >= 0.6 is 15.9 Å². The maximum absolute atomic E-state index is 13.0. The second-order valence-corrected chi connectivity index (χ2v) is 6.09. The van der Waals surface area contributed by atoms with Gasteiger partial charge in [0.05, 0.1) is 0 Å². The first kappa shape index (κ1) is 15.6. The molecule has 0 radical (unpaired) electrons. The maximum Gasteiger partial charge on any atom is 0.431 e. The molecule has 0 bridgehead atoms. The molecule has 1 fully saturated rings. The van der Waals surface area contributed by atoms with Crippen LogP contribution in [0, 0.1) is 5.41 Å². The molecule has 1 saturated carbocycles. The van der Waals surface area contributed by atoms with Gasteiger partial charge in [-0.2, -0.15) is 13.2 Å². The van der Waals surface area contributed by atoms with E-state index >= 15 is 0 Å². The van der Waals surface area contributed by atoms with Crippen molar-refractivity contribution in [3.05, 3.63) is 34.2 Å². The Morgan fingerprint density at radius 3 is 2.40 bits per heavy atom. The molecule has 0 aliphatic heterocycles. The van der Waals surface area contributed by atoms with Crippen molar-refractivity contribution in [2.24, 2.45) is 5.41 Å². The number of alkyl halides is 4. The van der Waals surface area contributed by atoms with E-state index in [1.54, 1.807) is 0 Å². The molecule has 0 N–H and O–H groups in total. The topological polar surface area (TPSA) is 22.0 Å². The molecule has 1 aliphatic rings. The summed E-state index contributed by atoms with van der Waals surface area (Å²) >= 11 is 3.43. The summed E-state index contributed by atoms with van der Waals surface area (Å²) in [5, 5.41) is 0.624. The molecule has 112 valence electrons. The minimum atomic E-state index is -4.50. The zero-order valence-corrected chi connectivity index (χ0v) is 12.6. The van der Waals surface area contributed by atoms with Gasteiger partial charge in [-0.1, -0.05) is 41.3 Å². The third-order valence-corrected chi connectivity index (χ3v) is 5.22. The molecule has 6 heteroatoms. The molecule has 2 rings (SSSR count). The molecule has 20 heavy (non-hydrogen) atoms. The van der Waals surface area contributed by atoms with Crippen LogP contribution in [-0.4, -0.2) is 9.90 Å². The third kappa shape index (κ3) is 3.27. The fourth-order valence-electron chi connectivity index (χ4n) is 2.90. The van der Waals surface area contributed by atoms with Crippen LogP contribution in [0.1, 0.15) is 37.8 Å². The average Bonchev–Trinajstić information content (AvgIpc) is 2.41. The van der Waals surface area contributed by atoms with Gasteiger partial charge in [-0.15, -0.1) is 0 Å². The number of hydrogen-bond donors (Lipinski definition) is 0. The Hall–Kier alpha value is -0.780. The van der Waals surface area contributed by atoms with Gasteiger partial charge in [0.25, 0.3) is 5.56 Å². The summed E-state index contributed by atoms with van der Waals surface area (Å²) in [5.74, 6) is 0. The zero-order chi connectivity index (χ0) is 14.8. The van der Waals surface area contributed by atoms with E-state index in [-0.39, 0.29) is 12.0 Å². The van der Waals surface area contributed by atoms with E-state index in [1.807, 2.05) is 0 Å². The smallest absolute Gasteiger partial charge is 0.304 e. The molecule has 1 aromatic heterocycles. The number of pyridine rings is 1. The first-order valence-electron chi connectivity index (χ1n) is 6.71. The summed E-state index contributed by atoms with van der Waals surface area (Å²) in [7, 11) is 0. The predicted octanol–water partition coefficient (Wildman–Crippen LogP) is 4.21. The summed E-state index contributed by atoms with van der Waals surface area (Å²) in [6.07, 6.45) is 0.351. The van der Waals surface area contributed by atoms with Gasteiger partial charge in [-0.05, 0) is 24.3 Å². The Morgan fingerprint density at radius 2 is 1.85 bits per heavy atom. The summed E-state index contributed by atoms with van der Waals surface area (Å²) < 4.78 is 40.0. The third-order valence-electron chi connectivity index (χ3n) is 4.03. The van der Waals surface area contributed by atoms with Crippen molar-refractivity contribution in [2.45, 2.75) is 44.8 Å². The highest BCUT2D eigenvalue weighted by Gasteiger charge is 2.38. The lowest BCUT2D eigenvalue weighted by Crippen LogP contribution is -2.38. The van der Waals surface area contributed by atoms with Crippen molar-refractivity contribution >= 4 is 15.9 Å². The van der Waals surface area contributed by atoms with Gasteiger partial charge in [0, 0.05) is 17.9 Å². The van der Waals surface area contributed by atoms with E-state index in [0.29, 0.717) is 5.33 Å². The first-order valence-corrected chi connectivity index (χ1v) is 7.83. The fourth-order valence-corrected chi connectivity index (χ4v) is 3.64. The minimum absolute atomic E-state index is 0.132. The van der Waals surface area contributed by atoms with E-state index in [0.717, 1.165) is 42.7 Å². The van der Waals surface area contributed by atoms with Gasteiger partial charge in [0.1, 0.15) is 5.69 Å². The number of hydrogen-bond acceptors (Lipinski definition) is 1. The lowest BCUT2D eigenvalue weighted by atomic mass is 9.75. The summed E-state index contributed by atoms with van der Waals surface area (Å²) in [6, 6.07) is 3.34. The standard InChI is InChI=1S/C14H17BrF3NO/c15-9-13(7-2-1-3-8-13)10-19-11(14(16,17)18)5-4-6-12(19)20/h4-6H,1-3,7-10H2. The van der Waals surface area contributed by atoms with Crippen LogP contribution in [0.15, 0.2) is 23.0 Å². The van der Waals surface area contributed by atoms with Gasteiger partial charge in [0.15, 0.2) is 0 Å². The molecular formula is C14H17BrF3NO. The molecular weight excluding hydrogens is 335 g/mol. The monoisotopic (exact) mass is 351 g/mol. The van der Waals surface area contributed by atoms with Crippen LogP contribution in [0.2, 0.25) is 0 Å². The molecule has 0 aromatic carbocycles. The molecule has 1 aromatic rings. The molecule has 0 amide bonds. The first-order chi connectivity index (χ1) is 9.38. The molecule has 0 atom stereocenters. The summed E-state index contributed by atoms with van der Waals surface area (Å²) in [5.41, 5.74) is -1.68. The van der Waals surface area contributed by atoms with Crippen molar-refractivity contribution in [1.82, 2.24) is 4.57 Å². The van der Waals surface area contributed by atoms with E-state index in [1.165, 1.54) is 12.1 Å². The van der Waals surface area contributed by atoms with Crippen LogP contribution < -0.4 is 5.56 Å². The number of aromatic nitrogens is 1. The van der Waals surface area contributed by atoms with Crippen LogP contribution in [0.25, 0.3) is 0 Å². The number of nitrogens with zero attached hydrogens (tertiary/aromatic N) is 1. The highest BCUT2D eigenvalue weighted by atomic mass is 79.9. The second kappa shape index (κ2) is 5.92. The fraction of sp³-hybridized carbons (Fsp3) is 0.643. The Bertz CT molecular complexity index is 518. The Kier molecular flexibility index (Phi) is 4.62. The minimum Gasteiger partial charge on any atom is -0.304 e. The summed E-state index contributed by atoms with van der Waals surface area (Å²) in [6.45, 7) is 0.132. The Labute approximate surface area is 124 Å². The van der Waals surface area contributed by atoms with Gasteiger partial charge in [-0.3, -0.25) is 4.79 Å². The van der Waals surface area contributed by atoms with Crippen molar-refractivity contribution in [1.29, 1.82) is 0 Å². The van der Waals surface area contributed by atoms with Gasteiger partial charge in [0.2, 0.25) is 0 Å². The molecule has 1 aliphatic carbocycles. The summed E-state index contributed by atoms with van der Waals surface area (Å²) in [4.78, 5) is 11.9. The van der Waals surface area contributed by atoms with Gasteiger partial charge >= 0.3 is 6.18 Å². The van der Waals surface area contributed by atoms with Crippen LogP contribution in [-0.2, 0) is 12.7 Å². The van der Waals surface area contributed by atoms with E-state index in [2.05, 4.69) is 15.9 Å². The number of halogens is 4. The van der Waals surface area contributed by atoms with Crippen LogP contribution in [0.5, 0.6) is 0 Å². The van der Waals surface area contributed by atoms with Crippen molar-refractivity contribution < 1.29 is 13.2 Å². The maximum atomic E-state index is 13.0. The molecule has 1 heterocycles. The normalized spacial score (nSPS) is 19.0. The quantitative estimate of drug-likeness (QED) is 0.747. The van der Waals surface area contributed by atoms with E-state index < -0.39 is 17.4 Å². The van der Waals surface area contributed by atoms with Gasteiger partial charge in [-0.25, -0.2) is 0 Å². The Morgan fingerprint density at radius 1 is 1.20 bits per heavy atom. The molecule has 2 nitrogen and oxygen atoms in total. The van der Waals surface area contributed by atoms with Crippen molar-refractivity contribution in [3.63, 3.8) is 0 Å². The molecule has 0 spiro atoms. The number of rotatable bonds is 3. The van der Waals surface area contributed by atoms with Gasteiger partial charge < -0.3 is 4.57 Å². The molecule has 0 unspecified atom stereocenters. The Balaban J connectivity index is 2.39. The molecule has 0 saturated heterocycles. The SMILES string of the molecule is O=c1cccc(C(F)(F)F)n1CC1(CBr)CCCCC1. The lowest BCUT2D eigenvalue weighted by molar-refractivity contribution is -0.145. The lowest BCUT2D eigenvalue weighted by Gasteiger charge is -2.37. The average molecular weight is 352 g/mol. The highest BCUT2D eigenvalue weighted by molar-refractivity contribution is 9.09. The second-order valence-electron chi connectivity index (χ2n) is 5.53.